The van der Waals surface area contributed by atoms with Crippen LogP contribution in [0.4, 0.5) is 5.69 Å². The number of carbonyl (C=O) groups is 1. The third kappa shape index (κ3) is 2.32. The van der Waals surface area contributed by atoms with E-state index in [9.17, 15) is 4.79 Å². The summed E-state index contributed by atoms with van der Waals surface area (Å²) >= 11 is 5.04. The lowest BCUT2D eigenvalue weighted by molar-refractivity contribution is 0.103. The molecule has 106 valence electrons. The molecule has 0 aliphatic heterocycles. The molecule has 0 spiro atoms. The Bertz CT molecular complexity index is 841. The topological polar surface area (TPSA) is 52.3 Å². The highest BCUT2D eigenvalue weighted by Gasteiger charge is 2.21. The smallest absolute Gasteiger partial charge is 0.200 e. The van der Waals surface area contributed by atoms with Crippen LogP contribution in [0.2, 0.25) is 0 Å². The van der Waals surface area contributed by atoms with Crippen molar-refractivity contribution >= 4 is 48.8 Å². The molecule has 2 aromatic carbocycles. The van der Waals surface area contributed by atoms with Crippen LogP contribution in [-0.2, 0) is 0 Å². The van der Waals surface area contributed by atoms with Gasteiger partial charge >= 0.3 is 0 Å². The fourth-order valence-corrected chi connectivity index (χ4v) is 3.90. The van der Waals surface area contributed by atoms with Gasteiger partial charge in [-0.2, -0.15) is 0 Å². The van der Waals surface area contributed by atoms with E-state index in [2.05, 4.69) is 15.9 Å². The van der Waals surface area contributed by atoms with Crippen LogP contribution in [0.15, 0.2) is 46.3 Å². The summed E-state index contributed by atoms with van der Waals surface area (Å²) < 4.78 is 7.31. The summed E-state index contributed by atoms with van der Waals surface area (Å²) in [4.78, 5) is 12.9. The predicted molar refractivity (Wildman–Crippen MR) is 90.4 cm³/mol. The van der Waals surface area contributed by atoms with Gasteiger partial charge in [-0.1, -0.05) is 18.2 Å². The van der Waals surface area contributed by atoms with Crippen molar-refractivity contribution in [2.24, 2.45) is 0 Å². The van der Waals surface area contributed by atoms with Gasteiger partial charge in [0.05, 0.1) is 12.7 Å². The first-order chi connectivity index (χ1) is 10.1. The largest absolute Gasteiger partial charge is 0.496 e. The van der Waals surface area contributed by atoms with Crippen LogP contribution in [0.1, 0.15) is 15.9 Å². The highest BCUT2D eigenvalue weighted by molar-refractivity contribution is 9.10. The lowest BCUT2D eigenvalue weighted by atomic mass is 10.0. The van der Waals surface area contributed by atoms with E-state index in [0.717, 1.165) is 14.6 Å². The normalized spacial score (nSPS) is 10.8. The molecule has 5 heteroatoms. The molecule has 0 unspecified atom stereocenters. The van der Waals surface area contributed by atoms with E-state index in [0.29, 0.717) is 22.6 Å². The number of ketones is 1. The first-order valence-corrected chi connectivity index (χ1v) is 7.93. The van der Waals surface area contributed by atoms with Crippen LogP contribution in [-0.4, -0.2) is 12.9 Å². The quantitative estimate of drug-likeness (QED) is 0.552. The van der Waals surface area contributed by atoms with E-state index < -0.39 is 0 Å². The molecule has 0 amide bonds. The molecule has 0 fully saturated rings. The van der Waals surface area contributed by atoms with Gasteiger partial charge in [0.1, 0.15) is 5.75 Å². The molecular weight excluding hydrogens is 350 g/mol. The number of rotatable bonds is 3. The number of methoxy groups -OCH3 is 1. The Kier molecular flexibility index (Phi) is 3.69. The highest BCUT2D eigenvalue weighted by atomic mass is 79.9. The van der Waals surface area contributed by atoms with Gasteiger partial charge in [0.2, 0.25) is 0 Å². The summed E-state index contributed by atoms with van der Waals surface area (Å²) in [5, 5.41) is 2.79. The molecule has 0 atom stereocenters. The standard InChI is InChI=1S/C16H12BrNO2S/c1-20-13-7-3-6-12(18)14(13)15(19)10-8-21-16-9(10)4-2-5-11(16)17/h2-8H,18H2,1H3. The average Bonchev–Trinajstić information content (AvgIpc) is 2.91. The van der Waals surface area contributed by atoms with Crippen molar-refractivity contribution in [1.82, 2.24) is 0 Å². The number of ether oxygens (including phenoxy) is 1. The zero-order valence-electron chi connectivity index (χ0n) is 11.2. The number of hydrogen-bond donors (Lipinski definition) is 1. The molecule has 0 radical (unpaired) electrons. The second-order valence-electron chi connectivity index (χ2n) is 4.52. The lowest BCUT2D eigenvalue weighted by Gasteiger charge is -2.09. The zero-order chi connectivity index (χ0) is 15.0. The Morgan fingerprint density at radius 3 is 2.76 bits per heavy atom. The summed E-state index contributed by atoms with van der Waals surface area (Å²) in [5.41, 5.74) is 7.46. The third-order valence-electron chi connectivity index (χ3n) is 3.30. The highest BCUT2D eigenvalue weighted by Crippen LogP contribution is 2.35. The molecule has 0 aliphatic rings. The van der Waals surface area contributed by atoms with Gasteiger partial charge in [-0.05, 0) is 34.1 Å². The van der Waals surface area contributed by atoms with E-state index in [1.54, 1.807) is 18.2 Å². The van der Waals surface area contributed by atoms with Gasteiger partial charge in [-0.15, -0.1) is 11.3 Å². The van der Waals surface area contributed by atoms with Gasteiger partial charge in [0.15, 0.2) is 5.78 Å². The van der Waals surface area contributed by atoms with Crippen LogP contribution in [0.5, 0.6) is 5.75 Å². The fraction of sp³-hybridized carbons (Fsp3) is 0.0625. The molecular formula is C16H12BrNO2S. The van der Waals surface area contributed by atoms with Gasteiger partial charge in [-0.3, -0.25) is 4.79 Å². The first-order valence-electron chi connectivity index (χ1n) is 6.26. The Labute approximate surface area is 134 Å². The van der Waals surface area contributed by atoms with Crippen LogP contribution in [0.25, 0.3) is 10.1 Å². The van der Waals surface area contributed by atoms with Crippen LogP contribution < -0.4 is 10.5 Å². The van der Waals surface area contributed by atoms with Gasteiger partial charge in [0, 0.05) is 31.2 Å². The summed E-state index contributed by atoms with van der Waals surface area (Å²) in [5.74, 6) is 0.378. The van der Waals surface area contributed by atoms with Crippen molar-refractivity contribution < 1.29 is 9.53 Å². The molecule has 0 bridgehead atoms. The Hall–Kier alpha value is -1.85. The van der Waals surface area contributed by atoms with E-state index >= 15 is 0 Å². The second-order valence-corrected chi connectivity index (χ2v) is 6.25. The Morgan fingerprint density at radius 2 is 2.00 bits per heavy atom. The van der Waals surface area contributed by atoms with E-state index in [-0.39, 0.29) is 5.78 Å². The van der Waals surface area contributed by atoms with Crippen molar-refractivity contribution in [3.8, 4) is 5.75 Å². The van der Waals surface area contributed by atoms with E-state index in [4.69, 9.17) is 10.5 Å². The predicted octanol–water partition coefficient (Wildman–Crippen LogP) is 4.49. The van der Waals surface area contributed by atoms with Crippen molar-refractivity contribution in [3.05, 3.63) is 57.4 Å². The lowest BCUT2D eigenvalue weighted by Crippen LogP contribution is -2.07. The molecule has 2 N–H and O–H groups in total. The second kappa shape index (κ2) is 5.50. The number of fused-ring (bicyclic) bond motifs is 1. The van der Waals surface area contributed by atoms with E-state index in [1.807, 2.05) is 23.6 Å². The number of nitrogen functional groups attached to an aromatic ring is 1. The number of hydrogen-bond acceptors (Lipinski definition) is 4. The number of halogens is 1. The molecule has 0 saturated carbocycles. The van der Waals surface area contributed by atoms with Crippen molar-refractivity contribution in [2.75, 3.05) is 12.8 Å². The maximum atomic E-state index is 12.9. The number of carbonyl (C=O) groups excluding carboxylic acids is 1. The molecule has 0 aliphatic carbocycles. The average molecular weight is 362 g/mol. The number of benzene rings is 2. The molecule has 21 heavy (non-hydrogen) atoms. The zero-order valence-corrected chi connectivity index (χ0v) is 13.6. The summed E-state index contributed by atoms with van der Waals surface area (Å²) in [6.45, 7) is 0. The minimum atomic E-state index is -0.116. The summed E-state index contributed by atoms with van der Waals surface area (Å²) in [6.07, 6.45) is 0. The molecule has 1 heterocycles. The van der Waals surface area contributed by atoms with Crippen LogP contribution >= 0.6 is 27.3 Å². The van der Waals surface area contributed by atoms with Gasteiger partial charge in [-0.25, -0.2) is 0 Å². The number of nitrogens with two attached hydrogens (primary N) is 1. The SMILES string of the molecule is COc1cccc(N)c1C(=O)c1csc2c(Br)cccc12. The minimum absolute atomic E-state index is 0.116. The van der Waals surface area contributed by atoms with E-state index in [1.165, 1.54) is 18.4 Å². The Balaban J connectivity index is 2.20. The minimum Gasteiger partial charge on any atom is -0.496 e. The maximum absolute atomic E-state index is 12.9. The number of thiophene rings is 1. The Morgan fingerprint density at radius 1 is 1.24 bits per heavy atom. The maximum Gasteiger partial charge on any atom is 0.200 e. The third-order valence-corrected chi connectivity index (χ3v) is 5.25. The summed E-state index contributed by atoms with van der Waals surface area (Å²) in [7, 11) is 1.54. The van der Waals surface area contributed by atoms with Crippen molar-refractivity contribution in [1.29, 1.82) is 0 Å². The molecule has 1 aromatic heterocycles. The molecule has 3 rings (SSSR count). The fourth-order valence-electron chi connectivity index (χ4n) is 2.29. The van der Waals surface area contributed by atoms with Crippen molar-refractivity contribution in [3.63, 3.8) is 0 Å². The first kappa shape index (κ1) is 14.1. The van der Waals surface area contributed by atoms with Crippen molar-refractivity contribution in [2.45, 2.75) is 0 Å². The molecule has 0 saturated heterocycles. The summed E-state index contributed by atoms with van der Waals surface area (Å²) in [6, 6.07) is 11.0. The molecule has 3 nitrogen and oxygen atoms in total. The van der Waals surface area contributed by atoms with Crippen LogP contribution in [0, 0.1) is 0 Å². The molecule has 3 aromatic rings. The van der Waals surface area contributed by atoms with Gasteiger partial charge in [0.25, 0.3) is 0 Å². The number of anilines is 1. The monoisotopic (exact) mass is 361 g/mol. The van der Waals surface area contributed by atoms with Gasteiger partial charge < -0.3 is 10.5 Å². The van der Waals surface area contributed by atoms with Crippen LogP contribution in [0.3, 0.4) is 0 Å².